The van der Waals surface area contributed by atoms with Crippen molar-refractivity contribution in [1.82, 2.24) is 9.80 Å². The first-order valence-corrected chi connectivity index (χ1v) is 12.6. The molecule has 0 atom stereocenters. The number of hydrogen-bond donors (Lipinski definition) is 1. The summed E-state index contributed by atoms with van der Waals surface area (Å²) in [4.78, 5) is 17.4. The van der Waals surface area contributed by atoms with E-state index in [0.29, 0.717) is 29.9 Å². The van der Waals surface area contributed by atoms with Crippen LogP contribution in [0, 0.1) is 11.3 Å². The van der Waals surface area contributed by atoms with Crippen molar-refractivity contribution in [3.05, 3.63) is 95.6 Å². The number of nitrogens with one attached hydrogen (secondary N) is 1. The average Bonchev–Trinajstić information content (AvgIpc) is 3.10. The average molecular weight is 475 g/mol. The second-order valence-electron chi connectivity index (χ2n) is 8.23. The van der Waals surface area contributed by atoms with Crippen LogP contribution in [0.4, 0.5) is 5.69 Å². The molecule has 0 aliphatic carbocycles. The number of amides is 1. The van der Waals surface area contributed by atoms with Crippen molar-refractivity contribution in [2.24, 2.45) is 0 Å². The Kier molecular flexibility index (Phi) is 7.26. The molecule has 1 aliphatic heterocycles. The molecule has 4 rings (SSSR count). The minimum absolute atomic E-state index is 0.0577. The van der Waals surface area contributed by atoms with Crippen LogP contribution in [0.3, 0.4) is 0 Å². The monoisotopic (exact) mass is 474 g/mol. The van der Waals surface area contributed by atoms with Crippen LogP contribution in [0.1, 0.15) is 27.9 Å². The molecule has 1 aliphatic rings. The van der Waals surface area contributed by atoms with Gasteiger partial charge in [0, 0.05) is 44.0 Å². The lowest BCUT2D eigenvalue weighted by molar-refractivity contribution is 0.0761. The van der Waals surface area contributed by atoms with Crippen molar-refractivity contribution >= 4 is 21.6 Å². The first-order valence-electron chi connectivity index (χ1n) is 11.1. The van der Waals surface area contributed by atoms with Crippen LogP contribution in [-0.2, 0) is 16.6 Å². The fourth-order valence-electron chi connectivity index (χ4n) is 3.95. The van der Waals surface area contributed by atoms with Gasteiger partial charge in [-0.15, -0.1) is 0 Å². The van der Waals surface area contributed by atoms with Crippen LogP contribution in [-0.4, -0.2) is 50.3 Å². The van der Waals surface area contributed by atoms with Gasteiger partial charge >= 0.3 is 0 Å². The fourth-order valence-corrected chi connectivity index (χ4v) is 5.03. The Hall–Kier alpha value is -3.67. The largest absolute Gasteiger partial charge is 0.337 e. The smallest absolute Gasteiger partial charge is 0.261 e. The predicted octanol–water partition coefficient (Wildman–Crippen LogP) is 3.71. The lowest BCUT2D eigenvalue weighted by Gasteiger charge is -2.22. The number of carbonyl (C=O) groups excluding carboxylic acids is 1. The van der Waals surface area contributed by atoms with E-state index in [2.05, 4.69) is 15.7 Å². The standard InChI is InChI=1S/C26H26N4O3S/c27-19-21-7-9-22(10-8-21)20-29-15-4-16-30(18-17-29)26(31)23-11-13-24(14-12-23)28-34(32,33)25-5-2-1-3-6-25/h1-3,5-14,28H,4,15-18,20H2. The van der Waals surface area contributed by atoms with Gasteiger partial charge in [0.05, 0.1) is 16.5 Å². The molecule has 1 saturated heterocycles. The third-order valence-electron chi connectivity index (χ3n) is 5.80. The van der Waals surface area contributed by atoms with Crippen LogP contribution < -0.4 is 4.72 Å². The molecule has 0 unspecified atom stereocenters. The molecular weight excluding hydrogens is 448 g/mol. The van der Waals surface area contributed by atoms with Crippen molar-refractivity contribution in [3.8, 4) is 6.07 Å². The van der Waals surface area contributed by atoms with Crippen molar-refractivity contribution < 1.29 is 13.2 Å². The zero-order valence-corrected chi connectivity index (χ0v) is 19.5. The van der Waals surface area contributed by atoms with Crippen LogP contribution in [0.2, 0.25) is 0 Å². The number of benzene rings is 3. The number of rotatable bonds is 6. The van der Waals surface area contributed by atoms with E-state index in [0.717, 1.165) is 31.6 Å². The number of hydrogen-bond acceptors (Lipinski definition) is 5. The van der Waals surface area contributed by atoms with Gasteiger partial charge in [-0.3, -0.25) is 14.4 Å². The molecule has 7 nitrogen and oxygen atoms in total. The summed E-state index contributed by atoms with van der Waals surface area (Å²) in [6, 6.07) is 24.4. The molecule has 174 valence electrons. The maximum Gasteiger partial charge on any atom is 0.261 e. The van der Waals surface area contributed by atoms with E-state index >= 15 is 0 Å². The molecule has 0 radical (unpaired) electrons. The first-order chi connectivity index (χ1) is 16.4. The Labute approximate surface area is 200 Å². The number of sulfonamides is 1. The Morgan fingerprint density at radius 1 is 0.882 bits per heavy atom. The lowest BCUT2D eigenvalue weighted by Crippen LogP contribution is -2.35. The lowest BCUT2D eigenvalue weighted by atomic mass is 10.1. The Morgan fingerprint density at radius 2 is 1.59 bits per heavy atom. The zero-order chi connectivity index (χ0) is 24.0. The number of nitrogens with zero attached hydrogens (tertiary/aromatic N) is 3. The van der Waals surface area contributed by atoms with E-state index in [1.165, 1.54) is 12.1 Å². The first kappa shape index (κ1) is 23.5. The van der Waals surface area contributed by atoms with Gasteiger partial charge in [0.25, 0.3) is 15.9 Å². The van der Waals surface area contributed by atoms with E-state index in [1.54, 1.807) is 42.5 Å². The molecular formula is C26H26N4O3S. The number of anilines is 1. The van der Waals surface area contributed by atoms with Crippen LogP contribution in [0.25, 0.3) is 0 Å². The summed E-state index contributed by atoms with van der Waals surface area (Å²) < 4.78 is 27.5. The summed E-state index contributed by atoms with van der Waals surface area (Å²) in [7, 11) is -3.67. The van der Waals surface area contributed by atoms with Gasteiger partial charge in [0.1, 0.15) is 0 Å². The maximum absolute atomic E-state index is 13.0. The highest BCUT2D eigenvalue weighted by molar-refractivity contribution is 7.92. The summed E-state index contributed by atoms with van der Waals surface area (Å²) in [6.45, 7) is 3.73. The molecule has 3 aromatic carbocycles. The predicted molar refractivity (Wildman–Crippen MR) is 131 cm³/mol. The summed E-state index contributed by atoms with van der Waals surface area (Å²) in [6.07, 6.45) is 0.872. The van der Waals surface area contributed by atoms with Gasteiger partial charge in [-0.2, -0.15) is 5.26 Å². The molecule has 3 aromatic rings. The Bertz CT molecular complexity index is 1270. The second kappa shape index (κ2) is 10.5. The van der Waals surface area contributed by atoms with Gasteiger partial charge in [-0.25, -0.2) is 8.42 Å². The van der Waals surface area contributed by atoms with Crippen LogP contribution >= 0.6 is 0 Å². The second-order valence-corrected chi connectivity index (χ2v) is 9.91. The molecule has 0 aromatic heterocycles. The van der Waals surface area contributed by atoms with Gasteiger partial charge in [0.2, 0.25) is 0 Å². The number of carbonyl (C=O) groups is 1. The van der Waals surface area contributed by atoms with Crippen molar-refractivity contribution in [2.75, 3.05) is 30.9 Å². The highest BCUT2D eigenvalue weighted by atomic mass is 32.2. The van der Waals surface area contributed by atoms with Gasteiger partial charge in [-0.05, 0) is 60.5 Å². The summed E-state index contributed by atoms with van der Waals surface area (Å²) in [5.41, 5.74) is 2.73. The third kappa shape index (κ3) is 5.81. The number of nitriles is 1. The molecule has 0 spiro atoms. The maximum atomic E-state index is 13.0. The molecule has 34 heavy (non-hydrogen) atoms. The summed E-state index contributed by atoms with van der Waals surface area (Å²) in [5, 5.41) is 8.95. The molecule has 1 heterocycles. The van der Waals surface area contributed by atoms with Gasteiger partial charge < -0.3 is 4.90 Å². The van der Waals surface area contributed by atoms with Crippen LogP contribution in [0.15, 0.2) is 83.8 Å². The van der Waals surface area contributed by atoms with Crippen LogP contribution in [0.5, 0.6) is 0 Å². The topological polar surface area (TPSA) is 93.5 Å². The molecule has 8 heteroatoms. The van der Waals surface area contributed by atoms with E-state index in [4.69, 9.17) is 5.26 Å². The molecule has 0 saturated carbocycles. The normalized spacial score (nSPS) is 14.7. The van der Waals surface area contributed by atoms with E-state index in [9.17, 15) is 13.2 Å². The Morgan fingerprint density at radius 3 is 2.26 bits per heavy atom. The molecule has 1 N–H and O–H groups in total. The van der Waals surface area contributed by atoms with E-state index < -0.39 is 10.0 Å². The Balaban J connectivity index is 1.35. The summed E-state index contributed by atoms with van der Waals surface area (Å²) in [5.74, 6) is -0.0577. The van der Waals surface area contributed by atoms with Gasteiger partial charge in [0.15, 0.2) is 0 Å². The van der Waals surface area contributed by atoms with Crippen molar-refractivity contribution in [3.63, 3.8) is 0 Å². The molecule has 1 fully saturated rings. The third-order valence-corrected chi connectivity index (χ3v) is 7.20. The van der Waals surface area contributed by atoms with E-state index in [1.807, 2.05) is 29.2 Å². The minimum Gasteiger partial charge on any atom is -0.337 e. The zero-order valence-electron chi connectivity index (χ0n) is 18.7. The van der Waals surface area contributed by atoms with Gasteiger partial charge in [-0.1, -0.05) is 30.3 Å². The fraction of sp³-hybridized carbons (Fsp3) is 0.231. The van der Waals surface area contributed by atoms with Crippen molar-refractivity contribution in [1.29, 1.82) is 5.26 Å². The molecule has 0 bridgehead atoms. The quantitative estimate of drug-likeness (QED) is 0.588. The summed E-state index contributed by atoms with van der Waals surface area (Å²) >= 11 is 0. The molecule has 1 amide bonds. The minimum atomic E-state index is -3.67. The van der Waals surface area contributed by atoms with Crippen molar-refractivity contribution in [2.45, 2.75) is 17.9 Å². The SMILES string of the molecule is N#Cc1ccc(CN2CCCN(C(=O)c3ccc(NS(=O)(=O)c4ccccc4)cc3)CC2)cc1. The van der Waals surface area contributed by atoms with E-state index in [-0.39, 0.29) is 10.8 Å². The highest BCUT2D eigenvalue weighted by Gasteiger charge is 2.21. The highest BCUT2D eigenvalue weighted by Crippen LogP contribution is 2.18.